The van der Waals surface area contributed by atoms with Gasteiger partial charge in [-0.25, -0.2) is 0 Å². The van der Waals surface area contributed by atoms with E-state index in [2.05, 4.69) is 29.0 Å². The van der Waals surface area contributed by atoms with Gasteiger partial charge >= 0.3 is 0 Å². The molecule has 3 fully saturated rings. The first-order valence-corrected chi connectivity index (χ1v) is 8.47. The van der Waals surface area contributed by atoms with Crippen LogP contribution >= 0.6 is 0 Å². The fraction of sp³-hybridized carbons (Fsp3) is 1.00. The topological polar surface area (TPSA) is 18.5 Å². The highest BCUT2D eigenvalue weighted by Gasteiger charge is 2.36. The molecule has 3 heteroatoms. The van der Waals surface area contributed by atoms with E-state index in [1.807, 2.05) is 0 Å². The van der Waals surface area contributed by atoms with E-state index in [0.29, 0.717) is 6.04 Å². The molecule has 0 spiro atoms. The molecule has 0 aromatic rings. The molecule has 2 aliphatic heterocycles. The molecule has 1 aliphatic carbocycles. The molecule has 2 saturated heterocycles. The average Bonchev–Trinajstić information content (AvgIpc) is 3.05. The van der Waals surface area contributed by atoms with Gasteiger partial charge in [-0.05, 0) is 46.1 Å². The van der Waals surface area contributed by atoms with Crippen LogP contribution in [0.25, 0.3) is 0 Å². The van der Waals surface area contributed by atoms with Gasteiger partial charge in [0, 0.05) is 43.8 Å². The monoisotopic (exact) mass is 265 g/mol. The molecule has 1 saturated carbocycles. The molecule has 2 heterocycles. The van der Waals surface area contributed by atoms with Gasteiger partial charge < -0.3 is 5.32 Å². The highest BCUT2D eigenvalue weighted by Crippen LogP contribution is 2.26. The summed E-state index contributed by atoms with van der Waals surface area (Å²) >= 11 is 0. The van der Waals surface area contributed by atoms with E-state index < -0.39 is 0 Å². The Morgan fingerprint density at radius 1 is 1.11 bits per heavy atom. The zero-order chi connectivity index (χ0) is 13.2. The smallest absolute Gasteiger partial charge is 0.0224 e. The number of fused-ring (bicyclic) bond motifs is 1. The Balaban J connectivity index is 1.49. The summed E-state index contributed by atoms with van der Waals surface area (Å²) in [5, 5.41) is 3.80. The number of nitrogens with zero attached hydrogens (tertiary/aromatic N) is 2. The molecule has 0 bridgehead atoms. The lowest BCUT2D eigenvalue weighted by Crippen LogP contribution is -2.59. The number of piperazine rings is 1. The van der Waals surface area contributed by atoms with Crippen molar-refractivity contribution in [2.75, 3.05) is 26.2 Å². The van der Waals surface area contributed by atoms with Gasteiger partial charge in [0.1, 0.15) is 0 Å². The molecule has 0 radical (unpaired) electrons. The molecule has 0 aromatic heterocycles. The lowest BCUT2D eigenvalue weighted by atomic mass is 10.1. The third kappa shape index (κ3) is 3.14. The summed E-state index contributed by atoms with van der Waals surface area (Å²) in [6, 6.07) is 3.09. The molecule has 3 aliphatic rings. The fourth-order valence-electron chi connectivity index (χ4n) is 4.41. The van der Waals surface area contributed by atoms with Crippen molar-refractivity contribution in [1.29, 1.82) is 0 Å². The van der Waals surface area contributed by atoms with Crippen molar-refractivity contribution >= 4 is 0 Å². The van der Waals surface area contributed by atoms with Crippen molar-refractivity contribution in [3.63, 3.8) is 0 Å². The predicted molar refractivity (Wildman–Crippen MR) is 80.5 cm³/mol. The standard InChI is InChI=1S/C16H31N3/c1-13(10-17-15-6-3-4-7-15)19-12-16-8-5-9-18(16)11-14(19)2/h13-17H,3-12H2,1-2H3. The van der Waals surface area contributed by atoms with Crippen LogP contribution in [0.4, 0.5) is 0 Å². The van der Waals surface area contributed by atoms with Gasteiger partial charge in [-0.3, -0.25) is 9.80 Å². The van der Waals surface area contributed by atoms with Gasteiger partial charge in [-0.2, -0.15) is 0 Å². The minimum absolute atomic E-state index is 0.693. The Kier molecular flexibility index (Phi) is 4.45. The second kappa shape index (κ2) is 6.11. The molecule has 3 nitrogen and oxygen atoms in total. The average molecular weight is 265 g/mol. The maximum Gasteiger partial charge on any atom is 0.0224 e. The summed E-state index contributed by atoms with van der Waals surface area (Å²) in [5.74, 6) is 0. The third-order valence-corrected chi connectivity index (χ3v) is 5.61. The Bertz CT molecular complexity index is 288. The van der Waals surface area contributed by atoms with Gasteiger partial charge in [0.05, 0.1) is 0 Å². The predicted octanol–water partition coefficient (Wildman–Crippen LogP) is 2.08. The van der Waals surface area contributed by atoms with Gasteiger partial charge in [-0.15, -0.1) is 0 Å². The maximum atomic E-state index is 3.80. The minimum atomic E-state index is 0.693. The van der Waals surface area contributed by atoms with Crippen molar-refractivity contribution in [1.82, 2.24) is 15.1 Å². The molecule has 0 amide bonds. The largest absolute Gasteiger partial charge is 0.312 e. The Morgan fingerprint density at radius 3 is 2.68 bits per heavy atom. The Labute approximate surface area is 118 Å². The molecule has 19 heavy (non-hydrogen) atoms. The summed E-state index contributed by atoms with van der Waals surface area (Å²) in [5.41, 5.74) is 0. The summed E-state index contributed by atoms with van der Waals surface area (Å²) in [4.78, 5) is 5.48. The van der Waals surface area contributed by atoms with Gasteiger partial charge in [0.2, 0.25) is 0 Å². The molecular weight excluding hydrogens is 234 g/mol. The summed E-state index contributed by atoms with van der Waals surface area (Å²) in [6.45, 7) is 9.95. The van der Waals surface area contributed by atoms with Crippen LogP contribution < -0.4 is 5.32 Å². The number of nitrogens with one attached hydrogen (secondary N) is 1. The van der Waals surface area contributed by atoms with Crippen LogP contribution in [0, 0.1) is 0 Å². The Morgan fingerprint density at radius 2 is 1.89 bits per heavy atom. The van der Waals surface area contributed by atoms with Crippen LogP contribution in [-0.2, 0) is 0 Å². The number of hydrogen-bond donors (Lipinski definition) is 1. The van der Waals surface area contributed by atoms with Crippen LogP contribution in [-0.4, -0.2) is 60.1 Å². The first kappa shape index (κ1) is 13.8. The molecular formula is C16H31N3. The second-order valence-electron chi connectivity index (χ2n) is 7.08. The molecule has 3 unspecified atom stereocenters. The highest BCUT2D eigenvalue weighted by molar-refractivity contribution is 4.93. The SMILES string of the molecule is CC(CNC1CCCC1)N1CC2CCCN2CC1C. The van der Waals surface area contributed by atoms with Crippen molar-refractivity contribution in [3.8, 4) is 0 Å². The van der Waals surface area contributed by atoms with Crippen LogP contribution in [0.3, 0.4) is 0 Å². The van der Waals surface area contributed by atoms with Crippen LogP contribution in [0.2, 0.25) is 0 Å². The summed E-state index contributed by atoms with van der Waals surface area (Å²) in [6.07, 6.45) is 8.51. The minimum Gasteiger partial charge on any atom is -0.312 e. The van der Waals surface area contributed by atoms with E-state index in [9.17, 15) is 0 Å². The van der Waals surface area contributed by atoms with Crippen LogP contribution in [0.1, 0.15) is 52.4 Å². The fourth-order valence-corrected chi connectivity index (χ4v) is 4.41. The van der Waals surface area contributed by atoms with E-state index in [1.165, 1.54) is 64.7 Å². The molecule has 0 aromatic carbocycles. The van der Waals surface area contributed by atoms with E-state index >= 15 is 0 Å². The maximum absolute atomic E-state index is 3.80. The third-order valence-electron chi connectivity index (χ3n) is 5.61. The summed E-state index contributed by atoms with van der Waals surface area (Å²) < 4.78 is 0. The summed E-state index contributed by atoms with van der Waals surface area (Å²) in [7, 11) is 0. The van der Waals surface area contributed by atoms with E-state index in [1.54, 1.807) is 0 Å². The molecule has 3 atom stereocenters. The zero-order valence-corrected chi connectivity index (χ0v) is 12.8. The number of hydrogen-bond acceptors (Lipinski definition) is 3. The van der Waals surface area contributed by atoms with Crippen LogP contribution in [0.5, 0.6) is 0 Å². The normalized spacial score (nSPS) is 35.7. The zero-order valence-electron chi connectivity index (χ0n) is 12.8. The lowest BCUT2D eigenvalue weighted by Gasteiger charge is -2.45. The lowest BCUT2D eigenvalue weighted by molar-refractivity contribution is 0.0325. The quantitative estimate of drug-likeness (QED) is 0.839. The molecule has 1 N–H and O–H groups in total. The Hall–Kier alpha value is -0.120. The van der Waals surface area contributed by atoms with E-state index in [-0.39, 0.29) is 0 Å². The van der Waals surface area contributed by atoms with Gasteiger partial charge in [0.25, 0.3) is 0 Å². The number of rotatable bonds is 4. The van der Waals surface area contributed by atoms with Gasteiger partial charge in [-0.1, -0.05) is 12.8 Å². The first-order valence-electron chi connectivity index (χ1n) is 8.47. The highest BCUT2D eigenvalue weighted by atomic mass is 15.3. The molecule has 110 valence electrons. The van der Waals surface area contributed by atoms with Crippen molar-refractivity contribution in [2.45, 2.75) is 76.5 Å². The van der Waals surface area contributed by atoms with Crippen molar-refractivity contribution < 1.29 is 0 Å². The van der Waals surface area contributed by atoms with Crippen LogP contribution in [0.15, 0.2) is 0 Å². The van der Waals surface area contributed by atoms with Crippen molar-refractivity contribution in [3.05, 3.63) is 0 Å². The first-order chi connectivity index (χ1) is 9.24. The second-order valence-corrected chi connectivity index (χ2v) is 7.08. The van der Waals surface area contributed by atoms with Crippen molar-refractivity contribution in [2.24, 2.45) is 0 Å². The van der Waals surface area contributed by atoms with E-state index in [4.69, 9.17) is 0 Å². The van der Waals surface area contributed by atoms with E-state index in [0.717, 1.165) is 18.1 Å². The molecule has 3 rings (SSSR count). The van der Waals surface area contributed by atoms with Gasteiger partial charge in [0.15, 0.2) is 0 Å².